The third-order valence-corrected chi connectivity index (χ3v) is 3.82. The minimum atomic E-state index is -0.356. The molecule has 2 aromatic heterocycles. The Kier molecular flexibility index (Phi) is 4.19. The number of hydrogen-bond acceptors (Lipinski definition) is 5. The number of amides is 1. The Labute approximate surface area is 128 Å². The molecule has 118 valence electrons. The van der Waals surface area contributed by atoms with Crippen molar-refractivity contribution in [3.63, 3.8) is 0 Å². The number of aryl methyl sites for hydroxylation is 3. The summed E-state index contributed by atoms with van der Waals surface area (Å²) >= 11 is 0. The van der Waals surface area contributed by atoms with Crippen LogP contribution in [0.25, 0.3) is 0 Å². The molecule has 0 aromatic carbocycles. The lowest BCUT2D eigenvalue weighted by Crippen LogP contribution is -2.42. The van der Waals surface area contributed by atoms with Gasteiger partial charge in [-0.3, -0.25) is 9.48 Å². The fourth-order valence-electron chi connectivity index (χ4n) is 2.75. The molecule has 8 nitrogen and oxygen atoms in total. The molecule has 0 spiro atoms. The van der Waals surface area contributed by atoms with Gasteiger partial charge in [0.1, 0.15) is 17.7 Å². The zero-order valence-corrected chi connectivity index (χ0v) is 12.9. The predicted molar refractivity (Wildman–Crippen MR) is 80.2 cm³/mol. The van der Waals surface area contributed by atoms with Crippen molar-refractivity contribution in [1.29, 1.82) is 0 Å². The fraction of sp³-hybridized carbons (Fsp3) is 0.571. The average molecular weight is 303 g/mol. The first kappa shape index (κ1) is 14.7. The van der Waals surface area contributed by atoms with Crippen LogP contribution < -0.4 is 10.6 Å². The van der Waals surface area contributed by atoms with Gasteiger partial charge in [0.15, 0.2) is 0 Å². The third kappa shape index (κ3) is 3.01. The van der Waals surface area contributed by atoms with E-state index in [1.807, 2.05) is 18.5 Å². The molecule has 0 saturated carbocycles. The molecule has 1 aliphatic rings. The first-order valence-electron chi connectivity index (χ1n) is 7.56. The van der Waals surface area contributed by atoms with Gasteiger partial charge in [0, 0.05) is 31.7 Å². The Balaban J connectivity index is 1.48. The molecule has 22 heavy (non-hydrogen) atoms. The summed E-state index contributed by atoms with van der Waals surface area (Å²) in [4.78, 5) is 23.9. The van der Waals surface area contributed by atoms with Gasteiger partial charge in [0.05, 0.1) is 12.0 Å². The number of aromatic amines is 1. The van der Waals surface area contributed by atoms with E-state index in [9.17, 15) is 4.79 Å². The fourth-order valence-corrected chi connectivity index (χ4v) is 2.75. The summed E-state index contributed by atoms with van der Waals surface area (Å²) in [7, 11) is 0. The number of aromatic nitrogens is 5. The molecule has 1 aliphatic heterocycles. The van der Waals surface area contributed by atoms with Crippen LogP contribution >= 0.6 is 0 Å². The van der Waals surface area contributed by atoms with E-state index in [1.165, 1.54) is 0 Å². The van der Waals surface area contributed by atoms with E-state index in [4.69, 9.17) is 0 Å². The molecule has 3 heterocycles. The monoisotopic (exact) mass is 303 g/mol. The van der Waals surface area contributed by atoms with E-state index in [0.29, 0.717) is 6.54 Å². The van der Waals surface area contributed by atoms with Crippen LogP contribution in [-0.4, -0.2) is 43.7 Å². The van der Waals surface area contributed by atoms with Crippen molar-refractivity contribution < 1.29 is 4.79 Å². The summed E-state index contributed by atoms with van der Waals surface area (Å²) in [6.07, 6.45) is 3.34. The number of carbonyl (C=O) groups is 1. The van der Waals surface area contributed by atoms with Crippen molar-refractivity contribution in [2.24, 2.45) is 0 Å². The number of hydrogen-bond donors (Lipinski definition) is 3. The second-order valence-electron chi connectivity index (χ2n) is 5.48. The number of fused-ring (bicyclic) bond motifs is 1. The Bertz CT molecular complexity index is 660. The molecular weight excluding hydrogens is 282 g/mol. The highest BCUT2D eigenvalue weighted by atomic mass is 16.2. The van der Waals surface area contributed by atoms with E-state index >= 15 is 0 Å². The first-order chi connectivity index (χ1) is 10.6. The van der Waals surface area contributed by atoms with Crippen molar-refractivity contribution in [3.8, 4) is 0 Å². The van der Waals surface area contributed by atoms with Crippen LogP contribution in [0, 0.1) is 13.8 Å². The maximum atomic E-state index is 12.3. The van der Waals surface area contributed by atoms with Gasteiger partial charge in [0.25, 0.3) is 0 Å². The molecule has 8 heteroatoms. The average Bonchev–Trinajstić information content (AvgIpc) is 3.09. The molecule has 1 amide bonds. The molecule has 0 aliphatic carbocycles. The van der Waals surface area contributed by atoms with E-state index in [1.54, 1.807) is 6.33 Å². The number of nitrogens with one attached hydrogen (secondary N) is 3. The predicted octanol–water partition coefficient (Wildman–Crippen LogP) is 0.0113. The van der Waals surface area contributed by atoms with Crippen LogP contribution in [0.4, 0.5) is 0 Å². The molecule has 0 saturated heterocycles. The minimum absolute atomic E-state index is 0.0282. The maximum Gasteiger partial charge on any atom is 0.243 e. The van der Waals surface area contributed by atoms with Crippen LogP contribution in [0.1, 0.15) is 35.5 Å². The minimum Gasteiger partial charge on any atom is -0.354 e. The summed E-state index contributed by atoms with van der Waals surface area (Å²) in [5.41, 5.74) is 1.86. The SMILES string of the molecule is Cc1nc(C)n(CCCNC(=O)[C@H]2NCCc3[nH]cnc32)n1. The van der Waals surface area contributed by atoms with Crippen molar-refractivity contribution >= 4 is 5.91 Å². The van der Waals surface area contributed by atoms with Crippen molar-refractivity contribution in [2.45, 2.75) is 39.3 Å². The van der Waals surface area contributed by atoms with E-state index < -0.39 is 0 Å². The molecule has 0 radical (unpaired) electrons. The number of H-pyrrole nitrogens is 1. The highest BCUT2D eigenvalue weighted by Crippen LogP contribution is 2.18. The van der Waals surface area contributed by atoms with Crippen LogP contribution in [0.3, 0.4) is 0 Å². The number of nitrogens with zero attached hydrogens (tertiary/aromatic N) is 4. The standard InChI is InChI=1S/C14H21N7O/c1-9-19-10(2)21(20-9)7-3-5-16-14(22)13-12-11(4-6-15-13)17-8-18-12/h8,13,15H,3-7H2,1-2H3,(H,16,22)(H,17,18)/t13-/m0/s1. The molecule has 3 N–H and O–H groups in total. The number of carbonyl (C=O) groups excluding carboxylic acids is 1. The smallest absolute Gasteiger partial charge is 0.243 e. The lowest BCUT2D eigenvalue weighted by molar-refractivity contribution is -0.123. The van der Waals surface area contributed by atoms with Crippen LogP contribution in [0.15, 0.2) is 6.33 Å². The molecule has 0 fully saturated rings. The first-order valence-corrected chi connectivity index (χ1v) is 7.56. The molecule has 0 bridgehead atoms. The third-order valence-electron chi connectivity index (χ3n) is 3.82. The van der Waals surface area contributed by atoms with Crippen molar-refractivity contribution in [1.82, 2.24) is 35.4 Å². The van der Waals surface area contributed by atoms with Crippen LogP contribution in [0.2, 0.25) is 0 Å². The van der Waals surface area contributed by atoms with E-state index in [2.05, 4.69) is 30.7 Å². The quantitative estimate of drug-likeness (QED) is 0.676. The Morgan fingerprint density at radius 3 is 3.14 bits per heavy atom. The molecule has 0 unspecified atom stereocenters. The molecule has 3 rings (SSSR count). The van der Waals surface area contributed by atoms with Gasteiger partial charge in [-0.05, 0) is 20.3 Å². The van der Waals surface area contributed by atoms with Crippen molar-refractivity contribution in [2.75, 3.05) is 13.1 Å². The van der Waals surface area contributed by atoms with E-state index in [-0.39, 0.29) is 11.9 Å². The molecule has 1 atom stereocenters. The van der Waals surface area contributed by atoms with Gasteiger partial charge < -0.3 is 15.6 Å². The lowest BCUT2D eigenvalue weighted by atomic mass is 10.1. The maximum absolute atomic E-state index is 12.3. The normalized spacial score (nSPS) is 17.3. The zero-order valence-electron chi connectivity index (χ0n) is 12.9. The zero-order chi connectivity index (χ0) is 15.5. The second kappa shape index (κ2) is 6.27. The van der Waals surface area contributed by atoms with E-state index in [0.717, 1.165) is 49.0 Å². The molecular formula is C14H21N7O. The van der Waals surface area contributed by atoms with Gasteiger partial charge in [-0.1, -0.05) is 0 Å². The van der Waals surface area contributed by atoms with Gasteiger partial charge in [-0.15, -0.1) is 0 Å². The summed E-state index contributed by atoms with van der Waals surface area (Å²) in [6.45, 7) is 5.95. The summed E-state index contributed by atoms with van der Waals surface area (Å²) < 4.78 is 1.87. The van der Waals surface area contributed by atoms with Crippen molar-refractivity contribution in [3.05, 3.63) is 29.4 Å². The number of rotatable bonds is 5. The van der Waals surface area contributed by atoms with Gasteiger partial charge in [0.2, 0.25) is 5.91 Å². The Morgan fingerprint density at radius 2 is 2.36 bits per heavy atom. The summed E-state index contributed by atoms with van der Waals surface area (Å²) in [5, 5.41) is 10.5. The summed E-state index contributed by atoms with van der Waals surface area (Å²) in [5.74, 6) is 1.65. The highest BCUT2D eigenvalue weighted by molar-refractivity contribution is 5.83. The van der Waals surface area contributed by atoms with Gasteiger partial charge >= 0.3 is 0 Å². The van der Waals surface area contributed by atoms with Crippen LogP contribution in [-0.2, 0) is 17.8 Å². The van der Waals surface area contributed by atoms with Gasteiger partial charge in [-0.25, -0.2) is 9.97 Å². The topological polar surface area (TPSA) is 101 Å². The summed E-state index contributed by atoms with van der Waals surface area (Å²) in [6, 6.07) is -0.356. The largest absolute Gasteiger partial charge is 0.354 e. The van der Waals surface area contributed by atoms with Crippen LogP contribution in [0.5, 0.6) is 0 Å². The molecule has 2 aromatic rings. The number of imidazole rings is 1. The Morgan fingerprint density at radius 1 is 1.50 bits per heavy atom. The second-order valence-corrected chi connectivity index (χ2v) is 5.48. The Hall–Kier alpha value is -2.22. The lowest BCUT2D eigenvalue weighted by Gasteiger charge is -2.22. The highest BCUT2D eigenvalue weighted by Gasteiger charge is 2.27. The van der Waals surface area contributed by atoms with Gasteiger partial charge in [-0.2, -0.15) is 5.10 Å².